The van der Waals surface area contributed by atoms with Gasteiger partial charge in [0.25, 0.3) is 0 Å². The van der Waals surface area contributed by atoms with Crippen LogP contribution in [0.25, 0.3) is 0 Å². The highest BCUT2D eigenvalue weighted by Gasteiger charge is 2.21. The lowest BCUT2D eigenvalue weighted by molar-refractivity contribution is 0.0840. The molecule has 1 aliphatic carbocycles. The van der Waals surface area contributed by atoms with E-state index in [1.165, 1.54) is 0 Å². The summed E-state index contributed by atoms with van der Waals surface area (Å²) >= 11 is 0. The average molecular weight is 140 g/mol. The van der Waals surface area contributed by atoms with Gasteiger partial charge in [-0.05, 0) is 18.8 Å². The summed E-state index contributed by atoms with van der Waals surface area (Å²) in [4.78, 5) is 0. The molecule has 0 aromatic carbocycles. The number of hydrogen-bond donors (Lipinski definition) is 1. The summed E-state index contributed by atoms with van der Waals surface area (Å²) in [5.41, 5.74) is 0. The van der Waals surface area contributed by atoms with E-state index < -0.39 is 0 Å². The first-order valence-electron chi connectivity index (χ1n) is 4.06. The second-order valence-corrected chi connectivity index (χ2v) is 3.40. The summed E-state index contributed by atoms with van der Waals surface area (Å²) in [7, 11) is 0. The Balaban J connectivity index is 2.40. The van der Waals surface area contributed by atoms with Crippen LogP contribution in [0.4, 0.5) is 0 Å². The number of aliphatic hydroxyl groups is 1. The Labute approximate surface area is 62.8 Å². The van der Waals surface area contributed by atoms with Crippen LogP contribution in [0.2, 0.25) is 0 Å². The van der Waals surface area contributed by atoms with E-state index in [1.54, 1.807) is 0 Å². The number of aliphatic hydroxyl groups excluding tert-OH is 1. The lowest BCUT2D eigenvalue weighted by Crippen LogP contribution is -2.22. The molecule has 58 valence electrons. The van der Waals surface area contributed by atoms with Crippen LogP contribution in [0.1, 0.15) is 26.7 Å². The summed E-state index contributed by atoms with van der Waals surface area (Å²) < 4.78 is 0. The second kappa shape index (κ2) is 3.20. The van der Waals surface area contributed by atoms with E-state index in [2.05, 4.69) is 26.0 Å². The molecule has 0 radical (unpaired) electrons. The van der Waals surface area contributed by atoms with E-state index in [-0.39, 0.29) is 6.10 Å². The molecule has 1 N–H and O–H groups in total. The summed E-state index contributed by atoms with van der Waals surface area (Å²) in [6.45, 7) is 4.13. The molecule has 0 amide bonds. The van der Waals surface area contributed by atoms with Crippen molar-refractivity contribution in [1.29, 1.82) is 0 Å². The Morgan fingerprint density at radius 3 is 2.60 bits per heavy atom. The number of hydrogen-bond acceptors (Lipinski definition) is 1. The molecule has 0 fully saturated rings. The predicted octanol–water partition coefficient (Wildman–Crippen LogP) is 1.97. The van der Waals surface area contributed by atoms with Crippen LogP contribution < -0.4 is 0 Å². The molecule has 1 unspecified atom stereocenters. The van der Waals surface area contributed by atoms with Crippen LogP contribution in [0.5, 0.6) is 0 Å². The molecule has 0 aromatic heterocycles. The molecular weight excluding hydrogens is 124 g/mol. The Kier molecular flexibility index (Phi) is 2.50. The van der Waals surface area contributed by atoms with Crippen LogP contribution in [-0.2, 0) is 0 Å². The Morgan fingerprint density at radius 2 is 2.20 bits per heavy atom. The van der Waals surface area contributed by atoms with Crippen molar-refractivity contribution < 1.29 is 5.11 Å². The van der Waals surface area contributed by atoms with Crippen molar-refractivity contribution in [2.75, 3.05) is 0 Å². The first-order valence-corrected chi connectivity index (χ1v) is 4.06. The van der Waals surface area contributed by atoms with E-state index in [1.807, 2.05) is 0 Å². The maximum absolute atomic E-state index is 9.57. The van der Waals surface area contributed by atoms with Gasteiger partial charge in [-0.1, -0.05) is 26.0 Å². The lowest BCUT2D eigenvalue weighted by Gasteiger charge is -2.19. The fourth-order valence-electron chi connectivity index (χ4n) is 1.43. The molecule has 1 heteroatoms. The smallest absolute Gasteiger partial charge is 0.0625 e. The van der Waals surface area contributed by atoms with Crippen LogP contribution in [0.15, 0.2) is 12.2 Å². The Hall–Kier alpha value is -0.300. The van der Waals surface area contributed by atoms with E-state index in [0.29, 0.717) is 11.8 Å². The standard InChI is InChI=1S/C9H16O/c1-7(2)9(10)8-5-3-4-6-8/h3,5,7-10H,4,6H2,1-2H3/t8?,9-/m1/s1. The third-order valence-corrected chi connectivity index (χ3v) is 2.17. The minimum Gasteiger partial charge on any atom is -0.392 e. The van der Waals surface area contributed by atoms with Gasteiger partial charge < -0.3 is 5.11 Å². The van der Waals surface area contributed by atoms with Crippen LogP contribution in [-0.4, -0.2) is 11.2 Å². The second-order valence-electron chi connectivity index (χ2n) is 3.40. The van der Waals surface area contributed by atoms with Gasteiger partial charge in [-0.25, -0.2) is 0 Å². The molecule has 0 saturated heterocycles. The largest absolute Gasteiger partial charge is 0.392 e. The van der Waals surface area contributed by atoms with Crippen molar-refractivity contribution in [1.82, 2.24) is 0 Å². The molecule has 0 heterocycles. The van der Waals surface area contributed by atoms with Gasteiger partial charge in [0.1, 0.15) is 0 Å². The third kappa shape index (κ3) is 1.60. The fourth-order valence-corrected chi connectivity index (χ4v) is 1.43. The monoisotopic (exact) mass is 140 g/mol. The minimum atomic E-state index is -0.126. The highest BCUT2D eigenvalue weighted by Crippen LogP contribution is 2.24. The third-order valence-electron chi connectivity index (χ3n) is 2.17. The van der Waals surface area contributed by atoms with E-state index in [0.717, 1.165) is 12.8 Å². The maximum Gasteiger partial charge on any atom is 0.0625 e. The first-order chi connectivity index (χ1) is 4.72. The van der Waals surface area contributed by atoms with Gasteiger partial charge in [0.2, 0.25) is 0 Å². The Morgan fingerprint density at radius 1 is 1.50 bits per heavy atom. The van der Waals surface area contributed by atoms with Gasteiger partial charge in [0.15, 0.2) is 0 Å². The van der Waals surface area contributed by atoms with Crippen LogP contribution in [0.3, 0.4) is 0 Å². The number of rotatable bonds is 2. The first kappa shape index (κ1) is 7.80. The molecule has 0 bridgehead atoms. The molecule has 10 heavy (non-hydrogen) atoms. The SMILES string of the molecule is CC(C)[C@@H](O)C1C=CCC1. The zero-order chi connectivity index (χ0) is 7.56. The van der Waals surface area contributed by atoms with Gasteiger partial charge in [-0.2, -0.15) is 0 Å². The van der Waals surface area contributed by atoms with Crippen molar-refractivity contribution in [2.45, 2.75) is 32.8 Å². The Bertz CT molecular complexity index is 127. The lowest BCUT2D eigenvalue weighted by atomic mass is 9.93. The normalized spacial score (nSPS) is 27.8. The van der Waals surface area contributed by atoms with E-state index in [4.69, 9.17) is 0 Å². The summed E-state index contributed by atoms with van der Waals surface area (Å²) in [5.74, 6) is 0.827. The van der Waals surface area contributed by atoms with Gasteiger partial charge in [0, 0.05) is 5.92 Å². The zero-order valence-electron chi connectivity index (χ0n) is 6.75. The van der Waals surface area contributed by atoms with Crippen molar-refractivity contribution in [3.63, 3.8) is 0 Å². The van der Waals surface area contributed by atoms with Gasteiger partial charge >= 0.3 is 0 Å². The topological polar surface area (TPSA) is 20.2 Å². The molecule has 0 saturated carbocycles. The molecule has 1 rings (SSSR count). The minimum absolute atomic E-state index is 0.126. The maximum atomic E-state index is 9.57. The molecular formula is C9H16O. The van der Waals surface area contributed by atoms with E-state index in [9.17, 15) is 5.11 Å². The summed E-state index contributed by atoms with van der Waals surface area (Å²) in [6, 6.07) is 0. The molecule has 2 atom stereocenters. The van der Waals surface area contributed by atoms with Crippen molar-refractivity contribution in [3.8, 4) is 0 Å². The van der Waals surface area contributed by atoms with Crippen molar-refractivity contribution in [2.24, 2.45) is 11.8 Å². The fraction of sp³-hybridized carbons (Fsp3) is 0.778. The summed E-state index contributed by atoms with van der Waals surface area (Å²) in [6.07, 6.45) is 6.47. The van der Waals surface area contributed by atoms with Crippen molar-refractivity contribution in [3.05, 3.63) is 12.2 Å². The van der Waals surface area contributed by atoms with Crippen LogP contribution >= 0.6 is 0 Å². The number of allylic oxidation sites excluding steroid dienone is 1. The average Bonchev–Trinajstić information content (AvgIpc) is 2.36. The van der Waals surface area contributed by atoms with Gasteiger partial charge in [-0.3, -0.25) is 0 Å². The highest BCUT2D eigenvalue weighted by molar-refractivity contribution is 4.99. The highest BCUT2D eigenvalue weighted by atomic mass is 16.3. The van der Waals surface area contributed by atoms with Crippen molar-refractivity contribution >= 4 is 0 Å². The molecule has 0 spiro atoms. The molecule has 0 aromatic rings. The van der Waals surface area contributed by atoms with Gasteiger partial charge in [-0.15, -0.1) is 0 Å². The zero-order valence-corrected chi connectivity index (χ0v) is 6.75. The quantitative estimate of drug-likeness (QED) is 0.581. The summed E-state index contributed by atoms with van der Waals surface area (Å²) in [5, 5.41) is 9.57. The predicted molar refractivity (Wildman–Crippen MR) is 42.7 cm³/mol. The molecule has 1 nitrogen and oxygen atoms in total. The molecule has 1 aliphatic rings. The molecule has 0 aliphatic heterocycles. The van der Waals surface area contributed by atoms with E-state index >= 15 is 0 Å². The van der Waals surface area contributed by atoms with Crippen LogP contribution in [0, 0.1) is 11.8 Å². The van der Waals surface area contributed by atoms with Gasteiger partial charge in [0.05, 0.1) is 6.10 Å².